The molecular formula is C33H37NO4. The first-order valence-corrected chi connectivity index (χ1v) is 13.4. The van der Waals surface area contributed by atoms with Gasteiger partial charge in [-0.3, -0.25) is 4.79 Å². The summed E-state index contributed by atoms with van der Waals surface area (Å²) in [7, 11) is 0. The quantitative estimate of drug-likeness (QED) is 0.297. The van der Waals surface area contributed by atoms with E-state index in [2.05, 4.69) is 51.1 Å². The van der Waals surface area contributed by atoms with Crippen molar-refractivity contribution in [3.05, 3.63) is 107 Å². The molecule has 3 aromatic carbocycles. The third-order valence-electron chi connectivity index (χ3n) is 7.32. The molecule has 2 unspecified atom stereocenters. The van der Waals surface area contributed by atoms with Crippen molar-refractivity contribution < 1.29 is 19.8 Å². The van der Waals surface area contributed by atoms with Crippen LogP contribution in [-0.2, 0) is 11.2 Å². The average Bonchev–Trinajstić information content (AvgIpc) is 3.26. The van der Waals surface area contributed by atoms with Crippen LogP contribution < -0.4 is 0 Å². The number of hydrogen-bond acceptors (Lipinski definition) is 3. The summed E-state index contributed by atoms with van der Waals surface area (Å²) in [6.45, 7) is 7.13. The molecule has 4 rings (SSSR count). The SMILES string of the molecule is Cc1ccc(-c2cccc(C(O)/C=C/C3CCC(=O)N3CCCc3ccc(C(=O)O)cc3)c2)c(C(C)C)c1. The van der Waals surface area contributed by atoms with Gasteiger partial charge < -0.3 is 15.1 Å². The highest BCUT2D eigenvalue weighted by Gasteiger charge is 2.28. The number of carboxylic acids is 1. The number of aromatic carboxylic acids is 1. The Morgan fingerprint density at radius 2 is 1.84 bits per heavy atom. The highest BCUT2D eigenvalue weighted by atomic mass is 16.4. The molecule has 0 aromatic heterocycles. The Morgan fingerprint density at radius 1 is 1.08 bits per heavy atom. The first-order valence-electron chi connectivity index (χ1n) is 13.4. The van der Waals surface area contributed by atoms with E-state index in [1.165, 1.54) is 16.7 Å². The number of aryl methyl sites for hydroxylation is 2. The third kappa shape index (κ3) is 6.59. The van der Waals surface area contributed by atoms with Gasteiger partial charge in [0.15, 0.2) is 0 Å². The predicted molar refractivity (Wildman–Crippen MR) is 151 cm³/mol. The van der Waals surface area contributed by atoms with Crippen LogP contribution in [-0.4, -0.2) is 39.6 Å². The van der Waals surface area contributed by atoms with Gasteiger partial charge in [-0.1, -0.05) is 80.1 Å². The van der Waals surface area contributed by atoms with Crippen LogP contribution in [0.25, 0.3) is 11.1 Å². The molecule has 1 fully saturated rings. The molecule has 5 nitrogen and oxygen atoms in total. The number of rotatable bonds is 10. The van der Waals surface area contributed by atoms with E-state index in [-0.39, 0.29) is 17.5 Å². The minimum absolute atomic E-state index is 0.0284. The van der Waals surface area contributed by atoms with Crippen LogP contribution in [0, 0.1) is 6.92 Å². The molecule has 5 heteroatoms. The van der Waals surface area contributed by atoms with Gasteiger partial charge >= 0.3 is 5.97 Å². The van der Waals surface area contributed by atoms with Crippen LogP contribution in [0.2, 0.25) is 0 Å². The molecule has 1 aliphatic rings. The molecule has 0 saturated carbocycles. The zero-order chi connectivity index (χ0) is 27.2. The summed E-state index contributed by atoms with van der Waals surface area (Å²) in [5, 5.41) is 20.0. The smallest absolute Gasteiger partial charge is 0.335 e. The minimum Gasteiger partial charge on any atom is -0.478 e. The molecule has 0 aliphatic carbocycles. The zero-order valence-electron chi connectivity index (χ0n) is 22.4. The fraction of sp³-hybridized carbons (Fsp3) is 0.333. The molecule has 0 bridgehead atoms. The summed E-state index contributed by atoms with van der Waals surface area (Å²) in [6, 6.07) is 21.5. The number of amides is 1. The standard InChI is InChI=1S/C33H37NO4/c1-22(2)30-20-23(3)9-16-29(30)26-7-4-8-27(21-26)31(35)17-14-28-15-18-32(36)34(28)19-5-6-24-10-12-25(13-11-24)33(37)38/h4,7-14,16-17,20-22,28,31,35H,5-6,15,18-19H2,1-3H3,(H,37,38)/b17-14+. The van der Waals surface area contributed by atoms with Crippen molar-refractivity contribution in [2.75, 3.05) is 6.54 Å². The number of carboxylic acid groups (broad SMARTS) is 1. The molecular weight excluding hydrogens is 474 g/mol. The van der Waals surface area contributed by atoms with Gasteiger partial charge in [0.2, 0.25) is 5.91 Å². The fourth-order valence-corrected chi connectivity index (χ4v) is 5.17. The second kappa shape index (κ2) is 12.2. The van der Waals surface area contributed by atoms with Crippen LogP contribution in [0.1, 0.15) is 77.7 Å². The first kappa shape index (κ1) is 27.3. The van der Waals surface area contributed by atoms with Gasteiger partial charge in [-0.05, 0) is 78.1 Å². The van der Waals surface area contributed by atoms with Crippen LogP contribution in [0.3, 0.4) is 0 Å². The lowest BCUT2D eigenvalue weighted by Gasteiger charge is -2.23. The first-order chi connectivity index (χ1) is 18.2. The molecule has 1 heterocycles. The lowest BCUT2D eigenvalue weighted by Crippen LogP contribution is -2.33. The van der Waals surface area contributed by atoms with Crippen molar-refractivity contribution in [2.45, 2.75) is 64.5 Å². The number of hydrogen-bond donors (Lipinski definition) is 2. The summed E-state index contributed by atoms with van der Waals surface area (Å²) < 4.78 is 0. The zero-order valence-corrected chi connectivity index (χ0v) is 22.4. The average molecular weight is 512 g/mol. The van der Waals surface area contributed by atoms with E-state index in [1.54, 1.807) is 18.2 Å². The lowest BCUT2D eigenvalue weighted by atomic mass is 9.90. The summed E-state index contributed by atoms with van der Waals surface area (Å²) in [5.74, 6) is -0.399. The summed E-state index contributed by atoms with van der Waals surface area (Å²) in [5.41, 5.74) is 6.97. The highest BCUT2D eigenvalue weighted by Crippen LogP contribution is 2.32. The molecule has 1 amide bonds. The minimum atomic E-state index is -0.932. The van der Waals surface area contributed by atoms with Crippen molar-refractivity contribution in [3.8, 4) is 11.1 Å². The molecule has 1 saturated heterocycles. The van der Waals surface area contributed by atoms with Gasteiger partial charge in [0.1, 0.15) is 0 Å². The van der Waals surface area contributed by atoms with Gasteiger partial charge in [-0.15, -0.1) is 0 Å². The normalized spacial score (nSPS) is 16.5. The predicted octanol–water partition coefficient (Wildman–Crippen LogP) is 6.70. The largest absolute Gasteiger partial charge is 0.478 e. The Kier molecular flexibility index (Phi) is 8.80. The molecule has 2 atom stereocenters. The number of aliphatic hydroxyl groups is 1. The van der Waals surface area contributed by atoms with Crippen molar-refractivity contribution in [2.24, 2.45) is 0 Å². The monoisotopic (exact) mass is 511 g/mol. The van der Waals surface area contributed by atoms with E-state index in [0.29, 0.717) is 18.9 Å². The van der Waals surface area contributed by atoms with Gasteiger partial charge in [0, 0.05) is 13.0 Å². The highest BCUT2D eigenvalue weighted by molar-refractivity contribution is 5.87. The lowest BCUT2D eigenvalue weighted by molar-refractivity contribution is -0.128. The number of nitrogens with zero attached hydrogens (tertiary/aromatic N) is 1. The molecule has 1 aliphatic heterocycles. The Morgan fingerprint density at radius 3 is 2.55 bits per heavy atom. The van der Waals surface area contributed by atoms with Crippen molar-refractivity contribution in [1.29, 1.82) is 0 Å². The van der Waals surface area contributed by atoms with E-state index in [1.807, 2.05) is 35.2 Å². The number of carbonyl (C=O) groups excluding carboxylic acids is 1. The maximum absolute atomic E-state index is 12.5. The maximum Gasteiger partial charge on any atom is 0.335 e. The number of aliphatic hydroxyl groups excluding tert-OH is 1. The van der Waals surface area contributed by atoms with Crippen molar-refractivity contribution >= 4 is 11.9 Å². The van der Waals surface area contributed by atoms with Gasteiger partial charge in [-0.25, -0.2) is 4.79 Å². The molecule has 3 aromatic rings. The van der Waals surface area contributed by atoms with E-state index in [9.17, 15) is 14.7 Å². The summed E-state index contributed by atoms with van der Waals surface area (Å²) >= 11 is 0. The third-order valence-corrected chi connectivity index (χ3v) is 7.32. The van der Waals surface area contributed by atoms with Crippen LogP contribution in [0.4, 0.5) is 0 Å². The molecule has 38 heavy (non-hydrogen) atoms. The molecule has 2 N–H and O–H groups in total. The maximum atomic E-state index is 12.5. The fourth-order valence-electron chi connectivity index (χ4n) is 5.17. The molecule has 198 valence electrons. The van der Waals surface area contributed by atoms with E-state index in [4.69, 9.17) is 5.11 Å². The molecule has 0 radical (unpaired) electrons. The Balaban J connectivity index is 1.40. The van der Waals surface area contributed by atoms with Crippen LogP contribution in [0.5, 0.6) is 0 Å². The van der Waals surface area contributed by atoms with Gasteiger partial charge in [-0.2, -0.15) is 0 Å². The number of likely N-dealkylation sites (tertiary alicyclic amines) is 1. The van der Waals surface area contributed by atoms with Gasteiger partial charge in [0.05, 0.1) is 17.7 Å². The second-order valence-electron chi connectivity index (χ2n) is 10.5. The number of benzene rings is 3. The van der Waals surface area contributed by atoms with E-state index >= 15 is 0 Å². The van der Waals surface area contributed by atoms with Crippen LogP contribution in [0.15, 0.2) is 78.9 Å². The Labute approximate surface area is 225 Å². The van der Waals surface area contributed by atoms with E-state index < -0.39 is 12.1 Å². The topological polar surface area (TPSA) is 77.8 Å². The van der Waals surface area contributed by atoms with Crippen LogP contribution >= 0.6 is 0 Å². The van der Waals surface area contributed by atoms with Crippen molar-refractivity contribution in [1.82, 2.24) is 4.90 Å². The summed E-state index contributed by atoms with van der Waals surface area (Å²) in [6.07, 6.45) is 5.84. The molecule has 0 spiro atoms. The van der Waals surface area contributed by atoms with Crippen molar-refractivity contribution in [3.63, 3.8) is 0 Å². The summed E-state index contributed by atoms with van der Waals surface area (Å²) in [4.78, 5) is 25.5. The Bertz CT molecular complexity index is 1310. The van der Waals surface area contributed by atoms with E-state index in [0.717, 1.165) is 36.0 Å². The second-order valence-corrected chi connectivity index (χ2v) is 10.5. The van der Waals surface area contributed by atoms with Gasteiger partial charge in [0.25, 0.3) is 0 Å². The number of carbonyl (C=O) groups is 2. The Hall–Kier alpha value is -3.70.